The average Bonchev–Trinajstić information content (AvgIpc) is 2.28. The molecule has 1 heterocycles. The highest BCUT2D eigenvalue weighted by atomic mass is 19.3. The quantitative estimate of drug-likeness (QED) is 0.806. The smallest absolute Gasteiger partial charge is 0.250 e. The van der Waals surface area contributed by atoms with Gasteiger partial charge < -0.3 is 14.8 Å². The van der Waals surface area contributed by atoms with Crippen LogP contribution in [0.3, 0.4) is 0 Å². The fourth-order valence-corrected chi connectivity index (χ4v) is 1.28. The molecule has 0 aliphatic rings. The molecule has 0 amide bonds. The Labute approximate surface area is 92.6 Å². The maximum absolute atomic E-state index is 11.9. The molecular formula is C10H14F2N2O2. The molecule has 0 saturated heterocycles. The molecule has 0 bridgehead atoms. The van der Waals surface area contributed by atoms with E-state index in [0.29, 0.717) is 17.2 Å². The lowest BCUT2D eigenvalue weighted by atomic mass is 10.3. The van der Waals surface area contributed by atoms with Gasteiger partial charge in [0.05, 0.1) is 26.5 Å². The number of methoxy groups -OCH3 is 2. The monoisotopic (exact) mass is 232 g/mol. The van der Waals surface area contributed by atoms with Gasteiger partial charge >= 0.3 is 0 Å². The molecule has 0 radical (unpaired) electrons. The zero-order valence-corrected chi connectivity index (χ0v) is 9.17. The summed E-state index contributed by atoms with van der Waals surface area (Å²) in [5.74, 6) is 0.998. The fourth-order valence-electron chi connectivity index (χ4n) is 1.28. The molecule has 90 valence electrons. The van der Waals surface area contributed by atoms with Crippen molar-refractivity contribution >= 4 is 0 Å². The minimum Gasteiger partial charge on any atom is -0.493 e. The minimum absolute atomic E-state index is 0.213. The van der Waals surface area contributed by atoms with E-state index in [1.165, 1.54) is 14.2 Å². The number of nitrogens with one attached hydrogen (secondary N) is 1. The molecule has 1 aromatic heterocycles. The minimum atomic E-state index is -2.38. The van der Waals surface area contributed by atoms with Gasteiger partial charge in [-0.3, -0.25) is 4.98 Å². The van der Waals surface area contributed by atoms with Gasteiger partial charge in [-0.1, -0.05) is 0 Å². The van der Waals surface area contributed by atoms with Crippen LogP contribution in [0.5, 0.6) is 11.5 Å². The van der Waals surface area contributed by atoms with Gasteiger partial charge in [-0.15, -0.1) is 0 Å². The molecule has 6 heteroatoms. The molecule has 1 rings (SSSR count). The number of pyridine rings is 1. The Balaban J connectivity index is 2.71. The second-order valence-corrected chi connectivity index (χ2v) is 3.02. The predicted octanol–water partition coefficient (Wildman–Crippen LogP) is 1.45. The van der Waals surface area contributed by atoms with Crippen LogP contribution in [0.15, 0.2) is 12.3 Å². The van der Waals surface area contributed by atoms with Crippen LogP contribution >= 0.6 is 0 Å². The van der Waals surface area contributed by atoms with Crippen molar-refractivity contribution in [2.24, 2.45) is 0 Å². The fraction of sp³-hybridized carbons (Fsp3) is 0.500. The number of rotatable bonds is 6. The summed E-state index contributed by atoms with van der Waals surface area (Å²) in [6.45, 7) is -0.160. The van der Waals surface area contributed by atoms with Crippen LogP contribution in [-0.4, -0.2) is 32.2 Å². The van der Waals surface area contributed by atoms with Crippen LogP contribution in [0, 0.1) is 0 Å². The number of aromatic nitrogens is 1. The van der Waals surface area contributed by atoms with Crippen molar-refractivity contribution in [2.75, 3.05) is 20.8 Å². The molecule has 16 heavy (non-hydrogen) atoms. The number of hydrogen-bond donors (Lipinski definition) is 1. The van der Waals surface area contributed by atoms with E-state index in [-0.39, 0.29) is 13.1 Å². The van der Waals surface area contributed by atoms with E-state index in [4.69, 9.17) is 9.47 Å². The SMILES string of the molecule is COc1ccnc(CNCC(F)F)c1OC. The Morgan fingerprint density at radius 2 is 2.12 bits per heavy atom. The Hall–Kier alpha value is -1.43. The molecule has 0 atom stereocenters. The molecule has 1 N–H and O–H groups in total. The first-order chi connectivity index (χ1) is 7.69. The summed E-state index contributed by atoms with van der Waals surface area (Å²) in [7, 11) is 2.99. The summed E-state index contributed by atoms with van der Waals surface area (Å²) in [5.41, 5.74) is 0.544. The van der Waals surface area contributed by atoms with Gasteiger partial charge in [0.25, 0.3) is 6.43 Å². The molecule has 0 fully saturated rings. The van der Waals surface area contributed by atoms with Crippen molar-refractivity contribution in [1.82, 2.24) is 10.3 Å². The Kier molecular flexibility index (Phi) is 4.91. The van der Waals surface area contributed by atoms with E-state index < -0.39 is 6.43 Å². The second kappa shape index (κ2) is 6.22. The van der Waals surface area contributed by atoms with Crippen LogP contribution in [0.25, 0.3) is 0 Å². The zero-order chi connectivity index (χ0) is 12.0. The maximum atomic E-state index is 11.9. The van der Waals surface area contributed by atoms with Crippen molar-refractivity contribution in [2.45, 2.75) is 13.0 Å². The summed E-state index contributed by atoms with van der Waals surface area (Å²) in [5, 5.41) is 2.58. The Morgan fingerprint density at radius 1 is 1.38 bits per heavy atom. The highest BCUT2D eigenvalue weighted by Gasteiger charge is 2.11. The summed E-state index contributed by atoms with van der Waals surface area (Å²) < 4.78 is 34.0. The van der Waals surface area contributed by atoms with Gasteiger partial charge in [-0.2, -0.15) is 0 Å². The van der Waals surface area contributed by atoms with Crippen molar-refractivity contribution in [3.63, 3.8) is 0 Å². The predicted molar refractivity (Wildman–Crippen MR) is 55.1 cm³/mol. The molecule has 0 aromatic carbocycles. The first-order valence-electron chi connectivity index (χ1n) is 4.73. The van der Waals surface area contributed by atoms with Crippen molar-refractivity contribution < 1.29 is 18.3 Å². The molecule has 0 aliphatic heterocycles. The maximum Gasteiger partial charge on any atom is 0.250 e. The number of ether oxygens (including phenoxy) is 2. The lowest BCUT2D eigenvalue weighted by molar-refractivity contribution is 0.145. The largest absolute Gasteiger partial charge is 0.493 e. The van der Waals surface area contributed by atoms with Gasteiger partial charge in [0.1, 0.15) is 0 Å². The van der Waals surface area contributed by atoms with Crippen molar-refractivity contribution in [3.8, 4) is 11.5 Å². The van der Waals surface area contributed by atoms with E-state index in [9.17, 15) is 8.78 Å². The topological polar surface area (TPSA) is 43.4 Å². The first-order valence-corrected chi connectivity index (χ1v) is 4.73. The zero-order valence-electron chi connectivity index (χ0n) is 9.17. The van der Waals surface area contributed by atoms with Crippen molar-refractivity contribution in [3.05, 3.63) is 18.0 Å². The molecule has 0 aliphatic carbocycles. The van der Waals surface area contributed by atoms with Crippen LogP contribution in [0.2, 0.25) is 0 Å². The van der Waals surface area contributed by atoms with Crippen LogP contribution in [-0.2, 0) is 6.54 Å². The molecule has 0 spiro atoms. The van der Waals surface area contributed by atoms with Gasteiger partial charge in [0, 0.05) is 18.8 Å². The summed E-state index contributed by atoms with van der Waals surface area (Å²) in [4.78, 5) is 4.04. The standard InChI is InChI=1S/C10H14F2N2O2/c1-15-8-3-4-14-7(10(8)16-2)5-13-6-9(11)12/h3-4,9,13H,5-6H2,1-2H3. The number of alkyl halides is 2. The second-order valence-electron chi connectivity index (χ2n) is 3.02. The molecule has 1 aromatic rings. The van der Waals surface area contributed by atoms with Gasteiger partial charge in [-0.05, 0) is 0 Å². The third-order valence-corrected chi connectivity index (χ3v) is 1.96. The number of hydrogen-bond acceptors (Lipinski definition) is 4. The summed E-state index contributed by atoms with van der Waals surface area (Å²) >= 11 is 0. The average molecular weight is 232 g/mol. The van der Waals surface area contributed by atoms with E-state index in [2.05, 4.69) is 10.3 Å². The van der Waals surface area contributed by atoms with Crippen molar-refractivity contribution in [1.29, 1.82) is 0 Å². The van der Waals surface area contributed by atoms with Crippen LogP contribution < -0.4 is 14.8 Å². The summed E-state index contributed by atoms with van der Waals surface area (Å²) in [6.07, 6.45) is -0.836. The Morgan fingerprint density at radius 3 is 2.69 bits per heavy atom. The molecule has 0 unspecified atom stereocenters. The number of halogens is 2. The third-order valence-electron chi connectivity index (χ3n) is 1.96. The Bertz CT molecular complexity index is 335. The summed E-state index contributed by atoms with van der Waals surface area (Å²) in [6, 6.07) is 1.65. The van der Waals surface area contributed by atoms with Crippen LogP contribution in [0.1, 0.15) is 5.69 Å². The van der Waals surface area contributed by atoms with E-state index in [0.717, 1.165) is 0 Å². The highest BCUT2D eigenvalue weighted by Crippen LogP contribution is 2.28. The molecule has 4 nitrogen and oxygen atoms in total. The van der Waals surface area contributed by atoms with E-state index in [1.54, 1.807) is 12.3 Å². The van der Waals surface area contributed by atoms with E-state index in [1.807, 2.05) is 0 Å². The van der Waals surface area contributed by atoms with Gasteiger partial charge in [0.15, 0.2) is 11.5 Å². The van der Waals surface area contributed by atoms with Gasteiger partial charge in [-0.25, -0.2) is 8.78 Å². The third kappa shape index (κ3) is 3.30. The first kappa shape index (κ1) is 12.6. The lowest BCUT2D eigenvalue weighted by Gasteiger charge is -2.11. The highest BCUT2D eigenvalue weighted by molar-refractivity contribution is 5.42. The normalized spacial score (nSPS) is 10.6. The van der Waals surface area contributed by atoms with Crippen LogP contribution in [0.4, 0.5) is 8.78 Å². The van der Waals surface area contributed by atoms with E-state index >= 15 is 0 Å². The molecular weight excluding hydrogens is 218 g/mol. The lowest BCUT2D eigenvalue weighted by Crippen LogP contribution is -2.21. The van der Waals surface area contributed by atoms with Gasteiger partial charge in [0.2, 0.25) is 0 Å². The molecule has 0 saturated carbocycles. The number of nitrogens with zero attached hydrogens (tertiary/aromatic N) is 1.